The Kier molecular flexibility index (Phi) is 4.66. The molecule has 5 nitrogen and oxygen atoms in total. The standard InChI is InChI=1S/C22H25NO4/c1-15(2)27-19-11-5-4-9-17(19)14-23-20-16(3)8-6-10-18(20)22(21(23)24)25-12-7-13-26-22/h4-6,8-11,15H,7,12-14H2,1-3H3. The molecule has 2 heterocycles. The zero-order valence-electron chi connectivity index (χ0n) is 16.0. The molecule has 0 aromatic heterocycles. The number of rotatable bonds is 4. The lowest BCUT2D eigenvalue weighted by Crippen LogP contribution is -2.47. The van der Waals surface area contributed by atoms with Gasteiger partial charge in [-0.2, -0.15) is 0 Å². The van der Waals surface area contributed by atoms with Crippen LogP contribution in [0.4, 0.5) is 5.69 Å². The molecule has 0 saturated carbocycles. The quantitative estimate of drug-likeness (QED) is 0.822. The molecular weight excluding hydrogens is 342 g/mol. The van der Waals surface area contributed by atoms with Crippen molar-refractivity contribution in [2.24, 2.45) is 0 Å². The van der Waals surface area contributed by atoms with E-state index in [1.165, 1.54) is 0 Å². The van der Waals surface area contributed by atoms with Gasteiger partial charge in [-0.25, -0.2) is 0 Å². The molecule has 0 atom stereocenters. The van der Waals surface area contributed by atoms with Gasteiger partial charge in [0, 0.05) is 11.1 Å². The Morgan fingerprint density at radius 3 is 2.59 bits per heavy atom. The first-order valence-corrected chi connectivity index (χ1v) is 9.47. The largest absolute Gasteiger partial charge is 0.491 e. The maximum atomic E-state index is 13.5. The molecule has 2 aromatic carbocycles. The monoisotopic (exact) mass is 367 g/mol. The molecule has 2 aliphatic rings. The van der Waals surface area contributed by atoms with Gasteiger partial charge in [0.25, 0.3) is 11.7 Å². The molecule has 2 aromatic rings. The van der Waals surface area contributed by atoms with Crippen LogP contribution in [0.1, 0.15) is 37.0 Å². The third-order valence-electron chi connectivity index (χ3n) is 4.95. The Labute approximate surface area is 159 Å². The number of para-hydroxylation sites is 2. The second-order valence-corrected chi connectivity index (χ2v) is 7.30. The number of carbonyl (C=O) groups is 1. The number of nitrogens with zero attached hydrogens (tertiary/aromatic N) is 1. The van der Waals surface area contributed by atoms with Crippen molar-refractivity contribution in [3.05, 3.63) is 59.2 Å². The van der Waals surface area contributed by atoms with E-state index < -0.39 is 5.79 Å². The lowest BCUT2D eigenvalue weighted by Gasteiger charge is -2.32. The Hall–Kier alpha value is -2.37. The van der Waals surface area contributed by atoms with Crippen molar-refractivity contribution in [2.45, 2.75) is 45.6 Å². The highest BCUT2D eigenvalue weighted by Crippen LogP contribution is 2.47. The molecule has 142 valence electrons. The SMILES string of the molecule is Cc1cccc2c1N(Cc1ccccc1OC(C)C)C(=O)C21OCCCO1. The van der Waals surface area contributed by atoms with Crippen molar-refractivity contribution >= 4 is 11.6 Å². The van der Waals surface area contributed by atoms with Crippen LogP contribution in [0.25, 0.3) is 0 Å². The molecule has 1 amide bonds. The fourth-order valence-electron chi connectivity index (χ4n) is 3.81. The van der Waals surface area contributed by atoms with Gasteiger partial charge in [0.2, 0.25) is 0 Å². The van der Waals surface area contributed by atoms with Gasteiger partial charge in [-0.15, -0.1) is 0 Å². The van der Waals surface area contributed by atoms with E-state index in [0.29, 0.717) is 19.8 Å². The fraction of sp³-hybridized carbons (Fsp3) is 0.409. The number of hydrogen-bond acceptors (Lipinski definition) is 4. The molecule has 4 rings (SSSR count). The molecule has 0 unspecified atom stereocenters. The Balaban J connectivity index is 1.76. The van der Waals surface area contributed by atoms with Crippen LogP contribution in [-0.2, 0) is 26.6 Å². The van der Waals surface area contributed by atoms with Crippen molar-refractivity contribution in [2.75, 3.05) is 18.1 Å². The van der Waals surface area contributed by atoms with Crippen LogP contribution in [0, 0.1) is 6.92 Å². The van der Waals surface area contributed by atoms with Gasteiger partial charge in [0.15, 0.2) is 0 Å². The molecule has 0 radical (unpaired) electrons. The van der Waals surface area contributed by atoms with Gasteiger partial charge in [-0.1, -0.05) is 36.4 Å². The summed E-state index contributed by atoms with van der Waals surface area (Å²) in [6.07, 6.45) is 0.854. The van der Waals surface area contributed by atoms with Crippen molar-refractivity contribution < 1.29 is 19.0 Å². The number of amides is 1. The molecule has 5 heteroatoms. The topological polar surface area (TPSA) is 48.0 Å². The van der Waals surface area contributed by atoms with E-state index in [2.05, 4.69) is 0 Å². The Morgan fingerprint density at radius 1 is 1.11 bits per heavy atom. The molecule has 0 aliphatic carbocycles. The van der Waals surface area contributed by atoms with E-state index in [0.717, 1.165) is 34.5 Å². The molecule has 0 N–H and O–H groups in total. The summed E-state index contributed by atoms with van der Waals surface area (Å²) in [5.74, 6) is -0.680. The average Bonchev–Trinajstić information content (AvgIpc) is 2.87. The minimum Gasteiger partial charge on any atom is -0.491 e. The van der Waals surface area contributed by atoms with Gasteiger partial charge in [0.05, 0.1) is 31.5 Å². The van der Waals surface area contributed by atoms with E-state index in [1.807, 2.05) is 63.2 Å². The summed E-state index contributed by atoms with van der Waals surface area (Å²) in [5.41, 5.74) is 3.66. The summed E-state index contributed by atoms with van der Waals surface area (Å²) in [5, 5.41) is 0. The van der Waals surface area contributed by atoms with Crippen molar-refractivity contribution in [1.82, 2.24) is 0 Å². The van der Waals surface area contributed by atoms with Gasteiger partial charge >= 0.3 is 0 Å². The van der Waals surface area contributed by atoms with Crippen molar-refractivity contribution in [1.29, 1.82) is 0 Å². The van der Waals surface area contributed by atoms with Crippen LogP contribution in [0.15, 0.2) is 42.5 Å². The average molecular weight is 367 g/mol. The lowest BCUT2D eigenvalue weighted by atomic mass is 10.0. The summed E-state index contributed by atoms with van der Waals surface area (Å²) in [6, 6.07) is 13.7. The van der Waals surface area contributed by atoms with Crippen LogP contribution in [0.3, 0.4) is 0 Å². The highest BCUT2D eigenvalue weighted by molar-refractivity contribution is 6.06. The summed E-state index contributed by atoms with van der Waals surface area (Å²) in [6.45, 7) is 7.44. The first-order valence-electron chi connectivity index (χ1n) is 9.47. The minimum absolute atomic E-state index is 0.0609. The van der Waals surface area contributed by atoms with E-state index in [-0.39, 0.29) is 12.0 Å². The van der Waals surface area contributed by atoms with E-state index in [1.54, 1.807) is 4.90 Å². The smallest absolute Gasteiger partial charge is 0.292 e. The number of fused-ring (bicyclic) bond motifs is 2. The summed E-state index contributed by atoms with van der Waals surface area (Å²) in [7, 11) is 0. The molecule has 2 aliphatic heterocycles. The van der Waals surface area contributed by atoms with Gasteiger partial charge in [0.1, 0.15) is 5.75 Å². The predicted octanol–water partition coefficient (Wildman–Crippen LogP) is 3.92. The zero-order chi connectivity index (χ0) is 19.0. The molecular formula is C22H25NO4. The third kappa shape index (κ3) is 3.01. The zero-order valence-corrected chi connectivity index (χ0v) is 16.0. The number of anilines is 1. The lowest BCUT2D eigenvalue weighted by molar-refractivity contribution is -0.256. The summed E-state index contributed by atoms with van der Waals surface area (Å²) < 4.78 is 17.8. The molecule has 0 bridgehead atoms. The number of carbonyl (C=O) groups excluding carboxylic acids is 1. The second kappa shape index (κ2) is 6.98. The summed E-state index contributed by atoms with van der Waals surface area (Å²) >= 11 is 0. The van der Waals surface area contributed by atoms with Crippen LogP contribution in [-0.4, -0.2) is 25.2 Å². The van der Waals surface area contributed by atoms with Crippen molar-refractivity contribution in [3.8, 4) is 5.75 Å². The molecule has 27 heavy (non-hydrogen) atoms. The Morgan fingerprint density at radius 2 is 1.85 bits per heavy atom. The second-order valence-electron chi connectivity index (χ2n) is 7.30. The first kappa shape index (κ1) is 18.0. The third-order valence-corrected chi connectivity index (χ3v) is 4.95. The van der Waals surface area contributed by atoms with Crippen molar-refractivity contribution in [3.63, 3.8) is 0 Å². The first-order chi connectivity index (χ1) is 13.0. The van der Waals surface area contributed by atoms with Crippen LogP contribution in [0.2, 0.25) is 0 Å². The number of ether oxygens (including phenoxy) is 3. The maximum absolute atomic E-state index is 13.5. The molecule has 1 fully saturated rings. The fourth-order valence-corrected chi connectivity index (χ4v) is 3.81. The number of benzene rings is 2. The highest BCUT2D eigenvalue weighted by atomic mass is 16.7. The normalized spacial score (nSPS) is 18.2. The number of aryl methyl sites for hydroxylation is 1. The minimum atomic E-state index is -1.31. The van der Waals surface area contributed by atoms with Gasteiger partial charge < -0.3 is 19.1 Å². The summed E-state index contributed by atoms with van der Waals surface area (Å²) in [4.78, 5) is 15.2. The van der Waals surface area contributed by atoms with Crippen LogP contribution >= 0.6 is 0 Å². The molecule has 1 spiro atoms. The predicted molar refractivity (Wildman–Crippen MR) is 103 cm³/mol. The Bertz CT molecular complexity index is 855. The molecule has 1 saturated heterocycles. The van der Waals surface area contributed by atoms with Crippen LogP contribution < -0.4 is 9.64 Å². The maximum Gasteiger partial charge on any atom is 0.292 e. The highest BCUT2D eigenvalue weighted by Gasteiger charge is 2.55. The van der Waals surface area contributed by atoms with Gasteiger partial charge in [-0.05, 0) is 38.8 Å². The van der Waals surface area contributed by atoms with Gasteiger partial charge in [-0.3, -0.25) is 4.79 Å². The van der Waals surface area contributed by atoms with Crippen LogP contribution in [0.5, 0.6) is 5.75 Å². The van der Waals surface area contributed by atoms with E-state index >= 15 is 0 Å². The van der Waals surface area contributed by atoms with E-state index in [9.17, 15) is 4.79 Å². The number of hydrogen-bond donors (Lipinski definition) is 0. The van der Waals surface area contributed by atoms with E-state index in [4.69, 9.17) is 14.2 Å².